The van der Waals surface area contributed by atoms with Crippen LogP contribution in [0.15, 0.2) is 0 Å². The Balaban J connectivity index is -0.0000000213. The molecule has 0 heterocycles. The van der Waals surface area contributed by atoms with Crippen LogP contribution in [0.25, 0.3) is 21.6 Å². The molecule has 0 fully saturated rings. The molecule has 68 valence electrons. The van der Waals surface area contributed by atoms with Crippen molar-refractivity contribution in [1.82, 2.24) is 0 Å². The van der Waals surface area contributed by atoms with Gasteiger partial charge in [0, 0.05) is 0 Å². The summed E-state index contributed by atoms with van der Waals surface area (Å²) in [6, 6.07) is 0. The molecule has 0 unspecified atom stereocenters. The van der Waals surface area contributed by atoms with Crippen molar-refractivity contribution in [3.63, 3.8) is 0 Å². The van der Waals surface area contributed by atoms with Crippen molar-refractivity contribution in [2.45, 2.75) is 0 Å². The van der Waals surface area contributed by atoms with Crippen LogP contribution in [0.4, 0.5) is 0 Å². The third-order valence-electron chi connectivity index (χ3n) is 0. The average Bonchev–Trinajstić information content (AvgIpc) is 1.92. The molecule has 0 saturated carbocycles. The second-order valence-electron chi connectivity index (χ2n) is 0.365. The number of nitrogens with zero attached hydrogens (tertiary/aromatic N) is 4. The Labute approximate surface area is 85.4 Å². The van der Waals surface area contributed by atoms with Gasteiger partial charge in [0.1, 0.15) is 0 Å². The molecule has 0 amide bonds. The van der Waals surface area contributed by atoms with Crippen LogP contribution in [0.3, 0.4) is 0 Å². The summed E-state index contributed by atoms with van der Waals surface area (Å²) >= 11 is 0. The minimum absolute atomic E-state index is 0. The molecule has 8 nitrogen and oxygen atoms in total. The molecule has 0 aromatic heterocycles. The third kappa shape index (κ3) is 199. The molecule has 9 heteroatoms. The van der Waals surface area contributed by atoms with Gasteiger partial charge in [0.25, 0.3) is 0 Å². The van der Waals surface area contributed by atoms with Crippen LogP contribution < -0.4 is 0 Å². The molecule has 13 heavy (non-hydrogen) atoms. The zero-order chi connectivity index (χ0) is 10.8. The second kappa shape index (κ2) is 183. The number of rotatable bonds is 0. The van der Waals surface area contributed by atoms with Crippen LogP contribution in [0, 0.1) is 0 Å². The fraction of sp³-hybridized carbons (Fsp3) is 0. The molecular weight excluding hydrogens is 358 g/mol. The molecule has 0 aromatic rings. The monoisotopic (exact) mass is 360 g/mol. The van der Waals surface area contributed by atoms with Gasteiger partial charge in [-0.2, -0.15) is 0 Å². The van der Waals surface area contributed by atoms with Crippen molar-refractivity contribution in [1.29, 1.82) is 0 Å². The summed E-state index contributed by atoms with van der Waals surface area (Å²) in [5.41, 5.74) is 0. The van der Waals surface area contributed by atoms with Gasteiger partial charge in [-0.1, -0.05) is 0 Å². The summed E-state index contributed by atoms with van der Waals surface area (Å²) in [5, 5.41) is 27.1. The van der Waals surface area contributed by atoms with E-state index in [0.29, 0.717) is 24.3 Å². The van der Waals surface area contributed by atoms with Crippen molar-refractivity contribution < 1.29 is 39.0 Å². The molecule has 0 N–H and O–H groups in total. The quantitative estimate of drug-likeness (QED) is 0.425. The molecule has 0 saturated heterocycles. The van der Waals surface area contributed by atoms with E-state index < -0.39 is 0 Å². The van der Waals surface area contributed by atoms with Crippen LogP contribution in [-0.4, -0.2) is 24.3 Å². The zero-order valence-corrected chi connectivity index (χ0v) is 8.32. The van der Waals surface area contributed by atoms with E-state index in [1.165, 1.54) is 0 Å². The molecule has 0 radical (unpaired) electrons. The summed E-state index contributed by atoms with van der Waals surface area (Å²) in [4.78, 5) is 32.9. The van der Waals surface area contributed by atoms with E-state index in [9.17, 15) is 0 Å². The van der Waals surface area contributed by atoms with E-state index >= 15 is 0 Å². The number of carbonyl (C=O) groups excluding carboxylic acids is 4. The van der Waals surface area contributed by atoms with Gasteiger partial charge in [0.05, 0.1) is 0 Å². The SMILES string of the molecule is [N-]=C=O.[N-]=C=O.[N-]=C=O.[N-]=C=O.[Os+4]. The first-order chi connectivity index (χ1) is 5.66. The first kappa shape index (κ1) is 30.4. The molecule has 0 bridgehead atoms. The maximum Gasteiger partial charge on any atom is 4.00 e. The van der Waals surface area contributed by atoms with Gasteiger partial charge in [0.2, 0.25) is 0 Å². The Kier molecular flexibility index (Phi) is 428. The summed E-state index contributed by atoms with van der Waals surface area (Å²) < 4.78 is 0. The smallest absolute Gasteiger partial charge is 0.724 e. The second-order valence-corrected chi connectivity index (χ2v) is 0.365. The van der Waals surface area contributed by atoms with Crippen molar-refractivity contribution >= 4 is 24.3 Å². The van der Waals surface area contributed by atoms with Gasteiger partial charge in [-0.25, -0.2) is 0 Å². The van der Waals surface area contributed by atoms with E-state index in [1.807, 2.05) is 0 Å². The summed E-state index contributed by atoms with van der Waals surface area (Å²) in [7, 11) is 0. The van der Waals surface area contributed by atoms with Crippen LogP contribution in [0.5, 0.6) is 0 Å². The first-order valence-electron chi connectivity index (χ1n) is 1.71. The topological polar surface area (TPSA) is 157 Å². The van der Waals surface area contributed by atoms with Gasteiger partial charge in [-0.05, 0) is 24.3 Å². The van der Waals surface area contributed by atoms with Gasteiger partial charge >= 0.3 is 19.8 Å². The molecular formula is C4N4O4Os. The molecule has 0 aliphatic carbocycles. The van der Waals surface area contributed by atoms with E-state index in [4.69, 9.17) is 40.8 Å². The van der Waals surface area contributed by atoms with E-state index in [2.05, 4.69) is 0 Å². The van der Waals surface area contributed by atoms with E-state index in [0.717, 1.165) is 0 Å². The minimum atomic E-state index is 0. The summed E-state index contributed by atoms with van der Waals surface area (Å²) in [5.74, 6) is 0. The fourth-order valence-corrected chi connectivity index (χ4v) is 0. The number of isocyanates is 4. The Morgan fingerprint density at radius 3 is 0.538 bits per heavy atom. The van der Waals surface area contributed by atoms with E-state index in [1.54, 1.807) is 0 Å². The van der Waals surface area contributed by atoms with Crippen molar-refractivity contribution in [2.75, 3.05) is 0 Å². The van der Waals surface area contributed by atoms with Crippen LogP contribution in [0.1, 0.15) is 0 Å². The number of hydrogen-bond donors (Lipinski definition) is 0. The van der Waals surface area contributed by atoms with Crippen LogP contribution in [0.2, 0.25) is 0 Å². The van der Waals surface area contributed by atoms with Crippen LogP contribution in [-0.2, 0) is 39.0 Å². The van der Waals surface area contributed by atoms with Crippen molar-refractivity contribution in [3.05, 3.63) is 21.6 Å². The Bertz CT molecular complexity index is 156. The first-order valence-corrected chi connectivity index (χ1v) is 1.71. The van der Waals surface area contributed by atoms with Gasteiger partial charge in [0.15, 0.2) is 0 Å². The summed E-state index contributed by atoms with van der Waals surface area (Å²) in [6.07, 6.45) is 2.00. The average molecular weight is 358 g/mol. The Morgan fingerprint density at radius 1 is 0.538 bits per heavy atom. The van der Waals surface area contributed by atoms with Crippen LogP contribution >= 0.6 is 0 Å². The van der Waals surface area contributed by atoms with Gasteiger partial charge in [-0.3, -0.25) is 19.2 Å². The Hall–Kier alpha value is -1.84. The van der Waals surface area contributed by atoms with Crippen molar-refractivity contribution in [3.8, 4) is 0 Å². The normalized spacial score (nSPS) is 2.46. The maximum absolute atomic E-state index is 8.24. The maximum atomic E-state index is 8.24. The molecule has 0 aliphatic heterocycles. The summed E-state index contributed by atoms with van der Waals surface area (Å²) in [6.45, 7) is 0. The minimum Gasteiger partial charge on any atom is -0.724 e. The van der Waals surface area contributed by atoms with Gasteiger partial charge < -0.3 is 21.6 Å². The molecule has 0 aliphatic rings. The molecule has 0 spiro atoms. The van der Waals surface area contributed by atoms with Crippen molar-refractivity contribution in [2.24, 2.45) is 0 Å². The van der Waals surface area contributed by atoms with E-state index in [-0.39, 0.29) is 19.8 Å². The fourth-order valence-electron chi connectivity index (χ4n) is 0. The zero-order valence-electron chi connectivity index (χ0n) is 5.78. The predicted molar refractivity (Wildman–Crippen MR) is 36.2 cm³/mol. The largest absolute Gasteiger partial charge is 4.00 e. The Morgan fingerprint density at radius 2 is 0.538 bits per heavy atom. The number of hydrogen-bond acceptors (Lipinski definition) is 4. The molecule has 0 atom stereocenters. The van der Waals surface area contributed by atoms with Gasteiger partial charge in [-0.15, -0.1) is 0 Å². The third-order valence-corrected chi connectivity index (χ3v) is 0. The molecule has 0 rings (SSSR count). The molecule has 0 aromatic carbocycles. The predicted octanol–water partition coefficient (Wildman–Crippen LogP) is -0.436. The standard InChI is InChI=1S/4CNO.Os/c4*2-1-3;/q4*-1;+4.